The third-order valence-electron chi connectivity index (χ3n) is 5.07. The van der Waals surface area contributed by atoms with Crippen LogP contribution in [0, 0.1) is 0 Å². The largest absolute Gasteiger partial charge is 0.351 e. The van der Waals surface area contributed by atoms with E-state index in [-0.39, 0.29) is 17.4 Å². The molecular weight excluding hydrogens is 266 g/mol. The number of carbonyl (C=O) groups excluding carboxylic acids is 1. The van der Waals surface area contributed by atoms with Gasteiger partial charge in [0.1, 0.15) is 0 Å². The molecule has 2 saturated heterocycles. The molecule has 1 amide bonds. The van der Waals surface area contributed by atoms with Crippen LogP contribution in [0.25, 0.3) is 0 Å². The van der Waals surface area contributed by atoms with Gasteiger partial charge < -0.3 is 14.7 Å². The van der Waals surface area contributed by atoms with Gasteiger partial charge in [-0.3, -0.25) is 4.79 Å². The summed E-state index contributed by atoms with van der Waals surface area (Å²) >= 11 is 0. The van der Waals surface area contributed by atoms with E-state index >= 15 is 0 Å². The molecule has 2 aliphatic heterocycles. The van der Waals surface area contributed by atoms with Crippen LogP contribution < -0.4 is 5.32 Å². The summed E-state index contributed by atoms with van der Waals surface area (Å²) in [4.78, 5) is 14.9. The van der Waals surface area contributed by atoms with Crippen molar-refractivity contribution in [2.75, 3.05) is 13.1 Å². The predicted molar refractivity (Wildman–Crippen MR) is 80.3 cm³/mol. The second kappa shape index (κ2) is 5.44. The van der Waals surface area contributed by atoms with Gasteiger partial charge in [-0.15, -0.1) is 0 Å². The standard InChI is InChI=1S/C16H25N3O2/c1-11(2)12-10-13(21-18-12)15(20)19-9-4-6-14-16(19,3)7-5-8-17-14/h10-11,14,17H,4-9H2,1-3H3/t14-,16+/m1/s1. The van der Waals surface area contributed by atoms with Gasteiger partial charge in [0, 0.05) is 18.7 Å². The van der Waals surface area contributed by atoms with Crippen molar-refractivity contribution < 1.29 is 9.32 Å². The highest BCUT2D eigenvalue weighted by Crippen LogP contribution is 2.36. The average Bonchev–Trinajstić information content (AvgIpc) is 2.95. The van der Waals surface area contributed by atoms with E-state index in [0.717, 1.165) is 44.5 Å². The van der Waals surface area contributed by atoms with Crippen LogP contribution in [0.15, 0.2) is 10.6 Å². The van der Waals surface area contributed by atoms with E-state index in [1.54, 1.807) is 6.07 Å². The summed E-state index contributed by atoms with van der Waals surface area (Å²) in [6.45, 7) is 8.18. The first-order valence-corrected chi connectivity index (χ1v) is 8.04. The van der Waals surface area contributed by atoms with E-state index in [1.165, 1.54) is 0 Å². The second-order valence-corrected chi connectivity index (χ2v) is 6.84. The molecule has 5 heteroatoms. The number of nitrogens with one attached hydrogen (secondary N) is 1. The molecule has 0 unspecified atom stereocenters. The lowest BCUT2D eigenvalue weighted by molar-refractivity contribution is 0.00591. The zero-order valence-electron chi connectivity index (χ0n) is 13.2. The summed E-state index contributed by atoms with van der Waals surface area (Å²) in [6.07, 6.45) is 4.37. The van der Waals surface area contributed by atoms with Crippen molar-refractivity contribution in [3.05, 3.63) is 17.5 Å². The van der Waals surface area contributed by atoms with E-state index in [0.29, 0.717) is 11.8 Å². The Hall–Kier alpha value is -1.36. The Morgan fingerprint density at radius 1 is 1.52 bits per heavy atom. The average molecular weight is 291 g/mol. The number of nitrogens with zero attached hydrogens (tertiary/aromatic N) is 2. The molecule has 1 aromatic rings. The van der Waals surface area contributed by atoms with Gasteiger partial charge >= 0.3 is 0 Å². The van der Waals surface area contributed by atoms with Crippen LogP contribution in [0.4, 0.5) is 0 Å². The molecule has 116 valence electrons. The summed E-state index contributed by atoms with van der Waals surface area (Å²) in [7, 11) is 0. The maximum atomic E-state index is 12.9. The number of aromatic nitrogens is 1. The summed E-state index contributed by atoms with van der Waals surface area (Å²) < 4.78 is 5.30. The van der Waals surface area contributed by atoms with Crippen LogP contribution in [-0.4, -0.2) is 40.6 Å². The minimum absolute atomic E-state index is 0.00898. The zero-order chi connectivity index (χ0) is 15.0. The van der Waals surface area contributed by atoms with Crippen molar-refractivity contribution >= 4 is 5.91 Å². The summed E-state index contributed by atoms with van der Waals surface area (Å²) in [5.41, 5.74) is 0.747. The van der Waals surface area contributed by atoms with Crippen LogP contribution in [0.1, 0.15) is 68.6 Å². The smallest absolute Gasteiger partial charge is 0.292 e. The van der Waals surface area contributed by atoms with Crippen molar-refractivity contribution in [1.29, 1.82) is 0 Å². The van der Waals surface area contributed by atoms with Gasteiger partial charge in [-0.2, -0.15) is 0 Å². The van der Waals surface area contributed by atoms with Crippen molar-refractivity contribution in [1.82, 2.24) is 15.4 Å². The van der Waals surface area contributed by atoms with Crippen LogP contribution in [-0.2, 0) is 0 Å². The molecule has 2 atom stereocenters. The monoisotopic (exact) mass is 291 g/mol. The highest BCUT2D eigenvalue weighted by atomic mass is 16.5. The lowest BCUT2D eigenvalue weighted by Gasteiger charge is -2.52. The van der Waals surface area contributed by atoms with Gasteiger partial charge in [0.05, 0.1) is 11.2 Å². The maximum Gasteiger partial charge on any atom is 0.292 e. The van der Waals surface area contributed by atoms with Crippen LogP contribution in [0.2, 0.25) is 0 Å². The summed E-state index contributed by atoms with van der Waals surface area (Å²) in [6, 6.07) is 2.20. The normalized spacial score (nSPS) is 29.5. The number of fused-ring (bicyclic) bond motifs is 1. The quantitative estimate of drug-likeness (QED) is 0.909. The van der Waals surface area contributed by atoms with E-state index in [2.05, 4.69) is 31.2 Å². The Balaban J connectivity index is 1.85. The topological polar surface area (TPSA) is 58.4 Å². The molecule has 3 heterocycles. The van der Waals surface area contributed by atoms with E-state index in [9.17, 15) is 4.79 Å². The predicted octanol–water partition coefficient (Wildman–Crippen LogP) is 2.54. The Kier molecular flexibility index (Phi) is 3.78. The first-order chi connectivity index (χ1) is 10.0. The molecule has 1 aromatic heterocycles. The van der Waals surface area contributed by atoms with Gasteiger partial charge in [0.15, 0.2) is 0 Å². The molecule has 0 radical (unpaired) electrons. The van der Waals surface area contributed by atoms with E-state index < -0.39 is 0 Å². The number of hydrogen-bond donors (Lipinski definition) is 1. The molecule has 2 fully saturated rings. The van der Waals surface area contributed by atoms with Gasteiger partial charge in [-0.1, -0.05) is 19.0 Å². The highest BCUT2D eigenvalue weighted by molar-refractivity contribution is 5.92. The molecule has 1 N–H and O–H groups in total. The molecule has 3 rings (SSSR count). The van der Waals surface area contributed by atoms with Gasteiger partial charge in [-0.25, -0.2) is 0 Å². The van der Waals surface area contributed by atoms with Crippen molar-refractivity contribution in [2.45, 2.75) is 64.0 Å². The van der Waals surface area contributed by atoms with Crippen LogP contribution in [0.5, 0.6) is 0 Å². The number of piperidine rings is 2. The molecule has 0 aromatic carbocycles. The van der Waals surface area contributed by atoms with Crippen molar-refractivity contribution in [3.8, 4) is 0 Å². The van der Waals surface area contributed by atoms with Gasteiger partial charge in [0.2, 0.25) is 5.76 Å². The molecule has 0 saturated carbocycles. The third-order valence-corrected chi connectivity index (χ3v) is 5.07. The fourth-order valence-electron chi connectivity index (χ4n) is 3.69. The fourth-order valence-corrected chi connectivity index (χ4v) is 3.69. The third kappa shape index (κ3) is 2.48. The fraction of sp³-hybridized carbons (Fsp3) is 0.750. The van der Waals surface area contributed by atoms with Crippen molar-refractivity contribution in [3.63, 3.8) is 0 Å². The number of rotatable bonds is 2. The number of likely N-dealkylation sites (tertiary alicyclic amines) is 1. The van der Waals surface area contributed by atoms with E-state index in [4.69, 9.17) is 4.52 Å². The Morgan fingerprint density at radius 2 is 2.33 bits per heavy atom. The van der Waals surface area contributed by atoms with Crippen molar-refractivity contribution in [2.24, 2.45) is 0 Å². The molecule has 5 nitrogen and oxygen atoms in total. The van der Waals surface area contributed by atoms with Gasteiger partial charge in [-0.05, 0) is 45.1 Å². The first kappa shape index (κ1) is 14.6. The number of amides is 1. The second-order valence-electron chi connectivity index (χ2n) is 6.84. The Bertz CT molecular complexity index is 523. The SMILES string of the molecule is CC(C)c1cc(C(=O)N2CCC[C@H]3NCCC[C@@]32C)on1. The molecule has 0 bridgehead atoms. The minimum Gasteiger partial charge on any atom is -0.351 e. The number of carbonyl (C=O) groups is 1. The summed E-state index contributed by atoms with van der Waals surface area (Å²) in [5.74, 6) is 0.646. The zero-order valence-corrected chi connectivity index (χ0v) is 13.2. The molecule has 2 aliphatic rings. The number of hydrogen-bond acceptors (Lipinski definition) is 4. The minimum atomic E-state index is -0.0988. The van der Waals surface area contributed by atoms with Crippen LogP contribution in [0.3, 0.4) is 0 Å². The Morgan fingerprint density at radius 3 is 3.05 bits per heavy atom. The first-order valence-electron chi connectivity index (χ1n) is 8.04. The lowest BCUT2D eigenvalue weighted by Crippen LogP contribution is -2.66. The van der Waals surface area contributed by atoms with Crippen LogP contribution >= 0.6 is 0 Å². The van der Waals surface area contributed by atoms with E-state index in [1.807, 2.05) is 4.90 Å². The highest BCUT2D eigenvalue weighted by Gasteiger charge is 2.46. The lowest BCUT2D eigenvalue weighted by atomic mass is 9.77. The molecule has 0 spiro atoms. The molecule has 0 aliphatic carbocycles. The Labute approximate surface area is 126 Å². The molecule has 21 heavy (non-hydrogen) atoms. The maximum absolute atomic E-state index is 12.9. The van der Waals surface area contributed by atoms with Gasteiger partial charge in [0.25, 0.3) is 5.91 Å². The molecular formula is C16H25N3O2. The summed E-state index contributed by atoms with van der Waals surface area (Å²) in [5, 5.41) is 7.60.